The number of aromatic nitrogens is 3. The Labute approximate surface area is 162 Å². The van der Waals surface area contributed by atoms with Gasteiger partial charge in [-0.25, -0.2) is 27.9 Å². The third-order valence-electron chi connectivity index (χ3n) is 4.80. The van der Waals surface area contributed by atoms with E-state index in [0.29, 0.717) is 22.7 Å². The van der Waals surface area contributed by atoms with Crippen molar-refractivity contribution in [3.05, 3.63) is 46.2 Å². The first-order valence-electron chi connectivity index (χ1n) is 9.02. The van der Waals surface area contributed by atoms with Crippen LogP contribution in [0, 0.1) is 6.92 Å². The average molecular weight is 403 g/mol. The fourth-order valence-corrected chi connectivity index (χ4v) is 4.31. The van der Waals surface area contributed by atoms with E-state index in [0.717, 1.165) is 31.6 Å². The number of hydrogen-bond acceptors (Lipinski definition) is 7. The summed E-state index contributed by atoms with van der Waals surface area (Å²) in [4.78, 5) is 22.7. The topological polar surface area (TPSA) is 110 Å². The molecule has 3 heterocycles. The highest BCUT2D eigenvalue weighted by Crippen LogP contribution is 2.19. The number of oxazole rings is 1. The Bertz CT molecular complexity index is 1190. The maximum atomic E-state index is 12.7. The summed E-state index contributed by atoms with van der Waals surface area (Å²) in [5.74, 6) is 0.102. The average Bonchev–Trinajstić information content (AvgIpc) is 3.29. The molecule has 10 heteroatoms. The SMILES string of the molecule is Cc1cc(CNS(=O)(=O)c2ccc3oc(=O)n(C)c3c2)nc(N2CCCC2)n1. The van der Waals surface area contributed by atoms with Crippen molar-refractivity contribution in [1.29, 1.82) is 0 Å². The normalized spacial score (nSPS) is 14.9. The largest absolute Gasteiger partial charge is 0.419 e. The Balaban J connectivity index is 1.57. The van der Waals surface area contributed by atoms with Gasteiger partial charge in [-0.1, -0.05) is 0 Å². The van der Waals surface area contributed by atoms with E-state index < -0.39 is 15.8 Å². The van der Waals surface area contributed by atoms with Crippen molar-refractivity contribution < 1.29 is 12.8 Å². The standard InChI is InChI=1S/C18H21N5O4S/c1-12-9-13(21-17(20-12)23-7-3-4-8-23)11-19-28(25,26)14-5-6-16-15(10-14)22(2)18(24)27-16/h5-6,9-10,19H,3-4,7-8,11H2,1-2H3. The molecule has 28 heavy (non-hydrogen) atoms. The van der Waals surface area contributed by atoms with Gasteiger partial charge < -0.3 is 9.32 Å². The first kappa shape index (κ1) is 18.6. The van der Waals surface area contributed by atoms with E-state index in [4.69, 9.17) is 4.42 Å². The molecule has 1 aliphatic rings. The number of fused-ring (bicyclic) bond motifs is 1. The fourth-order valence-electron chi connectivity index (χ4n) is 3.29. The van der Waals surface area contributed by atoms with Gasteiger partial charge in [-0.3, -0.25) is 4.57 Å². The van der Waals surface area contributed by atoms with E-state index in [1.54, 1.807) is 6.07 Å². The van der Waals surface area contributed by atoms with Crippen LogP contribution in [-0.4, -0.2) is 36.0 Å². The van der Waals surface area contributed by atoms with E-state index in [1.165, 1.54) is 29.8 Å². The van der Waals surface area contributed by atoms with Crippen LogP contribution in [0.3, 0.4) is 0 Å². The Morgan fingerprint density at radius 1 is 1.18 bits per heavy atom. The zero-order valence-electron chi connectivity index (χ0n) is 15.7. The molecular weight excluding hydrogens is 382 g/mol. The Kier molecular flexibility index (Phi) is 4.68. The van der Waals surface area contributed by atoms with E-state index in [9.17, 15) is 13.2 Å². The Morgan fingerprint density at radius 2 is 1.93 bits per heavy atom. The van der Waals surface area contributed by atoms with Gasteiger partial charge in [0, 0.05) is 25.8 Å². The second-order valence-electron chi connectivity index (χ2n) is 6.88. The molecule has 3 aromatic rings. The van der Waals surface area contributed by atoms with Gasteiger partial charge in [0.05, 0.1) is 22.7 Å². The van der Waals surface area contributed by atoms with Crippen LogP contribution in [0.4, 0.5) is 5.95 Å². The number of nitrogens with zero attached hydrogens (tertiary/aromatic N) is 4. The molecule has 1 aliphatic heterocycles. The van der Waals surface area contributed by atoms with Crippen molar-refractivity contribution >= 4 is 27.1 Å². The minimum atomic E-state index is -3.78. The lowest BCUT2D eigenvalue weighted by molar-refractivity contribution is 0.528. The number of anilines is 1. The minimum Gasteiger partial charge on any atom is -0.408 e. The number of sulfonamides is 1. The third-order valence-corrected chi connectivity index (χ3v) is 6.20. The highest BCUT2D eigenvalue weighted by molar-refractivity contribution is 7.89. The molecule has 1 N–H and O–H groups in total. The molecule has 1 aromatic carbocycles. The maximum Gasteiger partial charge on any atom is 0.419 e. The van der Waals surface area contributed by atoms with Crippen molar-refractivity contribution in [1.82, 2.24) is 19.3 Å². The van der Waals surface area contributed by atoms with Gasteiger partial charge in [0.15, 0.2) is 5.58 Å². The molecule has 0 atom stereocenters. The third kappa shape index (κ3) is 3.52. The highest BCUT2D eigenvalue weighted by Gasteiger charge is 2.19. The van der Waals surface area contributed by atoms with Crippen LogP contribution in [0.1, 0.15) is 24.2 Å². The molecule has 0 aliphatic carbocycles. The van der Waals surface area contributed by atoms with Crippen LogP contribution >= 0.6 is 0 Å². The summed E-state index contributed by atoms with van der Waals surface area (Å²) >= 11 is 0. The van der Waals surface area contributed by atoms with Crippen LogP contribution in [0.5, 0.6) is 0 Å². The molecule has 0 spiro atoms. The highest BCUT2D eigenvalue weighted by atomic mass is 32.2. The summed E-state index contributed by atoms with van der Waals surface area (Å²) in [6.07, 6.45) is 2.22. The number of nitrogens with one attached hydrogen (secondary N) is 1. The molecular formula is C18H21N5O4S. The summed E-state index contributed by atoms with van der Waals surface area (Å²) in [6.45, 7) is 3.75. The molecule has 1 fully saturated rings. The molecule has 0 radical (unpaired) electrons. The fraction of sp³-hybridized carbons (Fsp3) is 0.389. The lowest BCUT2D eigenvalue weighted by Gasteiger charge is -2.16. The van der Waals surface area contributed by atoms with Gasteiger partial charge in [0.1, 0.15) is 0 Å². The molecule has 9 nitrogen and oxygen atoms in total. The van der Waals surface area contributed by atoms with Crippen molar-refractivity contribution in [2.75, 3.05) is 18.0 Å². The minimum absolute atomic E-state index is 0.0505. The monoisotopic (exact) mass is 403 g/mol. The number of hydrogen-bond donors (Lipinski definition) is 1. The molecule has 4 rings (SSSR count). The van der Waals surface area contributed by atoms with Crippen LogP contribution in [0.25, 0.3) is 11.1 Å². The van der Waals surface area contributed by atoms with Crippen molar-refractivity contribution in [3.8, 4) is 0 Å². The van der Waals surface area contributed by atoms with E-state index in [2.05, 4.69) is 19.6 Å². The number of benzene rings is 1. The van der Waals surface area contributed by atoms with Gasteiger partial charge >= 0.3 is 5.76 Å². The summed E-state index contributed by atoms with van der Waals surface area (Å²) in [6, 6.07) is 6.08. The van der Waals surface area contributed by atoms with Crippen LogP contribution < -0.4 is 15.4 Å². The van der Waals surface area contributed by atoms with Gasteiger partial charge in [0.2, 0.25) is 16.0 Å². The molecule has 1 saturated heterocycles. The van der Waals surface area contributed by atoms with Crippen molar-refractivity contribution in [2.45, 2.75) is 31.2 Å². The zero-order chi connectivity index (χ0) is 19.9. The van der Waals surface area contributed by atoms with Crippen LogP contribution in [0.15, 0.2) is 38.4 Å². The van der Waals surface area contributed by atoms with E-state index >= 15 is 0 Å². The molecule has 0 unspecified atom stereocenters. The summed E-state index contributed by atoms with van der Waals surface area (Å²) in [7, 11) is -2.25. The van der Waals surface area contributed by atoms with Gasteiger partial charge in [-0.05, 0) is 44.0 Å². The maximum absolute atomic E-state index is 12.7. The summed E-state index contributed by atoms with van der Waals surface area (Å²) in [5.41, 5.74) is 2.16. The lowest BCUT2D eigenvalue weighted by atomic mass is 10.3. The molecule has 2 aromatic heterocycles. The van der Waals surface area contributed by atoms with Crippen LogP contribution in [0.2, 0.25) is 0 Å². The lowest BCUT2D eigenvalue weighted by Crippen LogP contribution is -2.25. The zero-order valence-corrected chi connectivity index (χ0v) is 16.5. The van der Waals surface area contributed by atoms with Gasteiger partial charge in [-0.15, -0.1) is 0 Å². The summed E-state index contributed by atoms with van der Waals surface area (Å²) in [5, 5.41) is 0. The first-order chi connectivity index (χ1) is 13.3. The predicted octanol–water partition coefficient (Wildman–Crippen LogP) is 1.31. The Morgan fingerprint density at radius 3 is 2.68 bits per heavy atom. The predicted molar refractivity (Wildman–Crippen MR) is 104 cm³/mol. The first-order valence-corrected chi connectivity index (χ1v) is 10.5. The van der Waals surface area contributed by atoms with E-state index in [-0.39, 0.29) is 11.4 Å². The quantitative estimate of drug-likeness (QED) is 0.684. The number of aryl methyl sites for hydroxylation is 2. The smallest absolute Gasteiger partial charge is 0.408 e. The second-order valence-corrected chi connectivity index (χ2v) is 8.64. The second kappa shape index (κ2) is 7.02. The van der Waals surface area contributed by atoms with Gasteiger partial charge in [0.25, 0.3) is 0 Å². The molecule has 0 saturated carbocycles. The van der Waals surface area contributed by atoms with Crippen molar-refractivity contribution in [3.63, 3.8) is 0 Å². The summed E-state index contributed by atoms with van der Waals surface area (Å²) < 4.78 is 34.3. The van der Waals surface area contributed by atoms with Crippen LogP contribution in [-0.2, 0) is 23.6 Å². The Hall–Kier alpha value is -2.72. The van der Waals surface area contributed by atoms with Crippen molar-refractivity contribution in [2.24, 2.45) is 7.05 Å². The van der Waals surface area contributed by atoms with Gasteiger partial charge in [-0.2, -0.15) is 0 Å². The molecule has 148 valence electrons. The van der Waals surface area contributed by atoms with E-state index in [1.807, 2.05) is 6.92 Å². The molecule has 0 bridgehead atoms. The number of rotatable bonds is 5. The molecule has 0 amide bonds.